The van der Waals surface area contributed by atoms with Crippen LogP contribution in [-0.4, -0.2) is 0 Å². The smallest absolute Gasteiger partial charge is 0.0468 e. The summed E-state index contributed by atoms with van der Waals surface area (Å²) in [5.41, 5.74) is 12.9. The first-order chi connectivity index (χ1) is 29.2. The van der Waals surface area contributed by atoms with Gasteiger partial charge in [-0.15, -0.1) is 0 Å². The lowest BCUT2D eigenvalue weighted by atomic mass is 9.87. The van der Waals surface area contributed by atoms with Gasteiger partial charge in [-0.05, 0) is 136 Å². The van der Waals surface area contributed by atoms with Gasteiger partial charge in [0.25, 0.3) is 0 Å². The Balaban J connectivity index is 1.15. The van der Waals surface area contributed by atoms with Crippen molar-refractivity contribution in [3.63, 3.8) is 0 Å². The fraction of sp³-hybridized carbons (Fsp3) is 0. The first-order valence-electron chi connectivity index (χ1n) is 20.3. The molecule has 0 fully saturated rings. The van der Waals surface area contributed by atoms with Crippen LogP contribution < -0.4 is 4.90 Å². The van der Waals surface area contributed by atoms with Crippen molar-refractivity contribution in [3.05, 3.63) is 237 Å². The molecule has 0 saturated heterocycles. The predicted molar refractivity (Wildman–Crippen MR) is 253 cm³/mol. The van der Waals surface area contributed by atoms with Crippen LogP contribution in [0.3, 0.4) is 0 Å². The van der Waals surface area contributed by atoms with Crippen LogP contribution in [0.2, 0.25) is 0 Å². The molecule has 11 rings (SSSR count). The molecule has 0 unspecified atom stereocenters. The molecule has 276 valence electrons. The highest BCUT2D eigenvalue weighted by atomic mass is 15.1. The Morgan fingerprint density at radius 1 is 0.203 bits per heavy atom. The van der Waals surface area contributed by atoms with Gasteiger partial charge in [-0.2, -0.15) is 0 Å². The Labute approximate surface area is 344 Å². The molecule has 0 aromatic heterocycles. The molecular formula is C58H39N. The van der Waals surface area contributed by atoms with Crippen LogP contribution in [0.15, 0.2) is 237 Å². The van der Waals surface area contributed by atoms with E-state index >= 15 is 0 Å². The minimum Gasteiger partial charge on any atom is -0.310 e. The molecule has 0 radical (unpaired) electrons. The van der Waals surface area contributed by atoms with E-state index in [0.717, 1.165) is 17.1 Å². The summed E-state index contributed by atoms with van der Waals surface area (Å²) < 4.78 is 0. The monoisotopic (exact) mass is 749 g/mol. The Bertz CT molecular complexity index is 3210. The molecule has 0 aliphatic carbocycles. The second-order valence-corrected chi connectivity index (χ2v) is 15.3. The fourth-order valence-corrected chi connectivity index (χ4v) is 8.91. The van der Waals surface area contributed by atoms with Gasteiger partial charge < -0.3 is 4.90 Å². The lowest BCUT2D eigenvalue weighted by Gasteiger charge is -2.27. The molecule has 0 aliphatic heterocycles. The van der Waals surface area contributed by atoms with Crippen LogP contribution in [0.4, 0.5) is 17.1 Å². The normalized spacial score (nSPS) is 11.4. The van der Waals surface area contributed by atoms with Crippen LogP contribution >= 0.6 is 0 Å². The summed E-state index contributed by atoms with van der Waals surface area (Å²) >= 11 is 0. The number of nitrogens with zero attached hydrogens (tertiary/aromatic N) is 1. The van der Waals surface area contributed by atoms with E-state index in [-0.39, 0.29) is 0 Å². The van der Waals surface area contributed by atoms with E-state index in [4.69, 9.17) is 0 Å². The highest BCUT2D eigenvalue weighted by Gasteiger charge is 2.19. The minimum absolute atomic E-state index is 1.09. The van der Waals surface area contributed by atoms with Crippen molar-refractivity contribution in [1.29, 1.82) is 0 Å². The fourth-order valence-electron chi connectivity index (χ4n) is 8.91. The van der Waals surface area contributed by atoms with E-state index in [2.05, 4.69) is 241 Å². The highest BCUT2D eigenvalue weighted by molar-refractivity contribution is 6.15. The largest absolute Gasteiger partial charge is 0.310 e. The van der Waals surface area contributed by atoms with Crippen molar-refractivity contribution in [2.75, 3.05) is 4.90 Å². The summed E-state index contributed by atoms with van der Waals surface area (Å²) in [6, 6.07) is 86.4. The Kier molecular flexibility index (Phi) is 8.56. The average Bonchev–Trinajstić information content (AvgIpc) is 3.32. The molecule has 1 heteroatoms. The molecule has 0 heterocycles. The number of hydrogen-bond acceptors (Lipinski definition) is 1. The number of rotatable bonds is 7. The van der Waals surface area contributed by atoms with Crippen molar-refractivity contribution in [2.45, 2.75) is 0 Å². The van der Waals surface area contributed by atoms with Gasteiger partial charge in [0.05, 0.1) is 0 Å². The molecule has 0 spiro atoms. The SMILES string of the molecule is c1ccc(-c2ccc(N(c3ccc(-c4ccccc4)cc3)c3ccc(-c4ccc5ccc6ccccc6c5c4)c(-c4cc5ccccc5c5ccccc45)c3)cc2)cc1. The summed E-state index contributed by atoms with van der Waals surface area (Å²) in [6.45, 7) is 0. The summed E-state index contributed by atoms with van der Waals surface area (Å²) in [5.74, 6) is 0. The van der Waals surface area contributed by atoms with Gasteiger partial charge in [-0.3, -0.25) is 0 Å². The van der Waals surface area contributed by atoms with Crippen molar-refractivity contribution in [2.24, 2.45) is 0 Å². The highest BCUT2D eigenvalue weighted by Crippen LogP contribution is 2.45. The average molecular weight is 750 g/mol. The number of hydrogen-bond donors (Lipinski definition) is 0. The minimum atomic E-state index is 1.09. The molecule has 59 heavy (non-hydrogen) atoms. The van der Waals surface area contributed by atoms with E-state index in [1.807, 2.05) is 0 Å². The Hall–Kier alpha value is -7.74. The zero-order chi connectivity index (χ0) is 39.1. The van der Waals surface area contributed by atoms with Gasteiger partial charge in [-0.25, -0.2) is 0 Å². The molecule has 0 bridgehead atoms. The van der Waals surface area contributed by atoms with Crippen LogP contribution in [-0.2, 0) is 0 Å². The zero-order valence-electron chi connectivity index (χ0n) is 32.5. The van der Waals surface area contributed by atoms with Gasteiger partial charge >= 0.3 is 0 Å². The molecule has 11 aromatic rings. The topological polar surface area (TPSA) is 3.24 Å². The third-order valence-electron chi connectivity index (χ3n) is 11.8. The molecule has 0 N–H and O–H groups in total. The van der Waals surface area contributed by atoms with Gasteiger partial charge in [0.1, 0.15) is 0 Å². The molecule has 0 saturated carbocycles. The summed E-state index contributed by atoms with van der Waals surface area (Å²) in [7, 11) is 0. The maximum Gasteiger partial charge on any atom is 0.0468 e. The van der Waals surface area contributed by atoms with Gasteiger partial charge in [-0.1, -0.05) is 188 Å². The Morgan fingerprint density at radius 3 is 1.27 bits per heavy atom. The molecular weight excluding hydrogens is 711 g/mol. The molecule has 0 atom stereocenters. The van der Waals surface area contributed by atoms with E-state index in [1.165, 1.54) is 87.6 Å². The molecule has 11 aromatic carbocycles. The van der Waals surface area contributed by atoms with E-state index in [9.17, 15) is 0 Å². The Morgan fingerprint density at radius 2 is 0.644 bits per heavy atom. The van der Waals surface area contributed by atoms with Crippen LogP contribution in [0.1, 0.15) is 0 Å². The third-order valence-corrected chi connectivity index (χ3v) is 11.8. The standard InChI is InChI=1S/C58H39N/c1-3-13-40(14-4-1)42-27-31-48(32-28-42)59(49-33-29-43(30-34-49)41-15-5-2-6-16-41)50-35-36-53(47-26-25-45-24-23-44-17-7-9-19-51(44)56(45)37-47)58(39-50)57-38-46-18-8-10-20-52(46)54-21-11-12-22-55(54)57/h1-39H. The van der Waals surface area contributed by atoms with Crippen LogP contribution in [0.5, 0.6) is 0 Å². The van der Waals surface area contributed by atoms with Crippen molar-refractivity contribution in [1.82, 2.24) is 0 Å². The molecule has 1 nitrogen and oxygen atoms in total. The maximum atomic E-state index is 2.41. The third kappa shape index (κ3) is 6.30. The summed E-state index contributed by atoms with van der Waals surface area (Å²) in [6.07, 6.45) is 0. The zero-order valence-corrected chi connectivity index (χ0v) is 32.5. The van der Waals surface area contributed by atoms with Crippen LogP contribution in [0, 0.1) is 0 Å². The second kappa shape index (κ2) is 14.6. The van der Waals surface area contributed by atoms with Gasteiger partial charge in [0.15, 0.2) is 0 Å². The quantitative estimate of drug-likeness (QED) is 0.147. The first kappa shape index (κ1) is 34.5. The number of benzene rings is 11. The summed E-state index contributed by atoms with van der Waals surface area (Å²) in [4.78, 5) is 2.40. The van der Waals surface area contributed by atoms with E-state index in [0.29, 0.717) is 0 Å². The molecule has 0 amide bonds. The van der Waals surface area contributed by atoms with E-state index in [1.54, 1.807) is 0 Å². The van der Waals surface area contributed by atoms with Crippen molar-refractivity contribution in [3.8, 4) is 44.5 Å². The van der Waals surface area contributed by atoms with Crippen molar-refractivity contribution >= 4 is 60.2 Å². The predicted octanol–water partition coefficient (Wildman–Crippen LogP) is 16.4. The lowest BCUT2D eigenvalue weighted by Crippen LogP contribution is -2.10. The van der Waals surface area contributed by atoms with E-state index < -0.39 is 0 Å². The second-order valence-electron chi connectivity index (χ2n) is 15.3. The van der Waals surface area contributed by atoms with Gasteiger partial charge in [0.2, 0.25) is 0 Å². The number of fused-ring (bicyclic) bond motifs is 6. The van der Waals surface area contributed by atoms with Crippen LogP contribution in [0.25, 0.3) is 87.6 Å². The first-order valence-corrected chi connectivity index (χ1v) is 20.3. The molecule has 0 aliphatic rings. The van der Waals surface area contributed by atoms with Crippen molar-refractivity contribution < 1.29 is 0 Å². The maximum absolute atomic E-state index is 2.41. The number of anilines is 3. The summed E-state index contributed by atoms with van der Waals surface area (Å²) in [5, 5.41) is 10.0. The van der Waals surface area contributed by atoms with Gasteiger partial charge in [0, 0.05) is 17.1 Å². The lowest BCUT2D eigenvalue weighted by molar-refractivity contribution is 1.28.